The van der Waals surface area contributed by atoms with E-state index in [1.807, 2.05) is 18.2 Å². The first kappa shape index (κ1) is 31.3. The van der Waals surface area contributed by atoms with E-state index in [0.29, 0.717) is 44.8 Å². The molecule has 2 fully saturated rings. The highest BCUT2D eigenvalue weighted by Crippen LogP contribution is 2.41. The average molecular weight is 660 g/mol. The van der Waals surface area contributed by atoms with Gasteiger partial charge < -0.3 is 20.9 Å². The van der Waals surface area contributed by atoms with Crippen LogP contribution in [0.2, 0.25) is 0 Å². The highest BCUT2D eigenvalue weighted by Gasteiger charge is 2.26. The van der Waals surface area contributed by atoms with Crippen LogP contribution in [0.1, 0.15) is 35.4 Å². The number of rotatable bonds is 9. The molecule has 0 amide bonds. The number of H-pyrrole nitrogens is 1. The quantitative estimate of drug-likeness (QED) is 0.174. The molecule has 6 aromatic rings. The minimum Gasteiger partial charge on any atom is -0.395 e. The third-order valence-electron chi connectivity index (χ3n) is 9.91. The number of anilines is 1. The van der Waals surface area contributed by atoms with Gasteiger partial charge >= 0.3 is 0 Å². The third-order valence-corrected chi connectivity index (χ3v) is 9.91. The first-order valence-electron chi connectivity index (χ1n) is 16.8. The van der Waals surface area contributed by atoms with E-state index in [2.05, 4.69) is 49.0 Å². The molecule has 0 atom stereocenters. The van der Waals surface area contributed by atoms with Crippen molar-refractivity contribution in [1.29, 1.82) is 0 Å². The van der Waals surface area contributed by atoms with Crippen LogP contribution in [0.4, 0.5) is 10.3 Å². The average Bonchev–Trinajstić information content (AvgIpc) is 3.88. The lowest BCUT2D eigenvalue weighted by atomic mass is 9.99. The van der Waals surface area contributed by atoms with Crippen LogP contribution >= 0.6 is 0 Å². The first-order chi connectivity index (χ1) is 23.9. The Hall–Kier alpha value is -4.94. The van der Waals surface area contributed by atoms with E-state index < -0.39 is 11.4 Å². The zero-order valence-electron chi connectivity index (χ0n) is 27.1. The van der Waals surface area contributed by atoms with Gasteiger partial charge in [0, 0.05) is 67.7 Å². The second-order valence-corrected chi connectivity index (χ2v) is 13.1. The number of piperazine rings is 1. The number of nitrogens with zero attached hydrogens (tertiary/aromatic N) is 5. The summed E-state index contributed by atoms with van der Waals surface area (Å²) in [6, 6.07) is 20.9. The van der Waals surface area contributed by atoms with E-state index in [0.717, 1.165) is 68.9 Å². The van der Waals surface area contributed by atoms with Crippen LogP contribution in [-0.4, -0.2) is 78.9 Å². The summed E-state index contributed by atoms with van der Waals surface area (Å²) < 4.78 is 16.7. The number of aliphatic hydroxyl groups excluding tert-OH is 2. The fraction of sp³-hybridized carbons (Fsp3) is 0.289. The molecule has 5 N–H and O–H groups in total. The topological polar surface area (TPSA) is 137 Å². The molecule has 250 valence electrons. The Morgan fingerprint density at radius 3 is 2.45 bits per heavy atom. The van der Waals surface area contributed by atoms with E-state index in [9.17, 15) is 15.0 Å². The predicted octanol–water partition coefficient (Wildman–Crippen LogP) is 4.80. The van der Waals surface area contributed by atoms with E-state index in [4.69, 9.17) is 5.73 Å². The van der Waals surface area contributed by atoms with Gasteiger partial charge in [0.25, 0.3) is 5.56 Å². The Morgan fingerprint density at radius 1 is 0.939 bits per heavy atom. The van der Waals surface area contributed by atoms with Crippen LogP contribution < -0.4 is 11.3 Å². The van der Waals surface area contributed by atoms with Crippen molar-refractivity contribution in [2.24, 2.45) is 0 Å². The molecule has 1 saturated heterocycles. The van der Waals surface area contributed by atoms with Gasteiger partial charge in [-0.15, -0.1) is 0 Å². The van der Waals surface area contributed by atoms with Gasteiger partial charge in [0.1, 0.15) is 11.5 Å². The normalized spacial score (nSPS) is 15.8. The van der Waals surface area contributed by atoms with E-state index in [-0.39, 0.29) is 24.5 Å². The summed E-state index contributed by atoms with van der Waals surface area (Å²) in [6.07, 6.45) is 3.71. The second kappa shape index (κ2) is 12.8. The smallest absolute Gasteiger partial charge is 0.265 e. The van der Waals surface area contributed by atoms with Gasteiger partial charge in [-0.1, -0.05) is 42.5 Å². The van der Waals surface area contributed by atoms with E-state index >= 15 is 4.39 Å². The Morgan fingerprint density at radius 2 is 1.71 bits per heavy atom. The van der Waals surface area contributed by atoms with E-state index in [1.54, 1.807) is 24.4 Å². The monoisotopic (exact) mass is 659 g/mol. The number of nitrogen functional groups attached to an aromatic ring is 1. The summed E-state index contributed by atoms with van der Waals surface area (Å²) in [6.45, 7) is 5.25. The highest BCUT2D eigenvalue weighted by atomic mass is 19.1. The fourth-order valence-corrected chi connectivity index (χ4v) is 7.13. The molecule has 1 saturated carbocycles. The molecule has 1 aliphatic heterocycles. The maximum Gasteiger partial charge on any atom is 0.265 e. The van der Waals surface area contributed by atoms with Crippen LogP contribution in [0, 0.1) is 5.82 Å². The number of aliphatic hydroxyl groups is 2. The van der Waals surface area contributed by atoms with Crippen LogP contribution in [0.25, 0.3) is 50.0 Å². The van der Waals surface area contributed by atoms with E-state index in [1.165, 1.54) is 16.2 Å². The standard InChI is InChI=1S/C38H38FN7O3/c39-31-19-27(24-8-9-24)18-26-10-11-46(37(49)34(26)31)33-3-1-2-28(30(33)22-48)35-29-20-32(41-36(29)43-38(40)42-35)25-6-4-23(5-7-25)21-45-14-12-44(13-15-45)16-17-47/h1-7,10-11,18-20,24,47-48H,8-9,12-17,21-22H2,(H3,40,41,42,43). The molecule has 0 unspecified atom stereocenters. The SMILES string of the molecule is Nc1nc(-c2cccc(-n3ccc4cc(C5CC5)cc(F)c4c3=O)c2CO)c2cc(-c3ccc(CN4CCN(CCO)CC4)cc3)[nH]c2n1. The van der Waals surface area contributed by atoms with Gasteiger partial charge in [0.2, 0.25) is 5.95 Å². The van der Waals surface area contributed by atoms with Crippen molar-refractivity contribution >= 4 is 27.8 Å². The van der Waals surface area contributed by atoms with Gasteiger partial charge in [-0.05, 0) is 65.1 Å². The summed E-state index contributed by atoms with van der Waals surface area (Å²) in [7, 11) is 0. The summed E-state index contributed by atoms with van der Waals surface area (Å²) in [5.41, 5.74) is 12.2. The molecule has 8 rings (SSSR count). The third kappa shape index (κ3) is 5.99. The molecule has 3 aromatic heterocycles. The number of fused-ring (bicyclic) bond motifs is 2. The van der Waals surface area contributed by atoms with Crippen molar-refractivity contribution in [3.05, 3.63) is 106 Å². The number of halogens is 1. The molecule has 0 radical (unpaired) electrons. The van der Waals surface area contributed by atoms with Crippen molar-refractivity contribution in [3.63, 3.8) is 0 Å². The molecule has 3 aromatic carbocycles. The number of aromatic amines is 1. The molecule has 0 bridgehead atoms. The Balaban J connectivity index is 1.12. The maximum atomic E-state index is 15.3. The van der Waals surface area contributed by atoms with Gasteiger partial charge in [0.15, 0.2) is 0 Å². The molecule has 1 aliphatic carbocycles. The van der Waals surface area contributed by atoms with Gasteiger partial charge in [-0.25, -0.2) is 9.37 Å². The van der Waals surface area contributed by atoms with Crippen molar-refractivity contribution in [1.82, 2.24) is 29.3 Å². The molecular formula is C38H38FN7O3. The van der Waals surface area contributed by atoms with Crippen molar-refractivity contribution in [3.8, 4) is 28.2 Å². The van der Waals surface area contributed by atoms with Gasteiger partial charge in [-0.3, -0.25) is 19.2 Å². The lowest BCUT2D eigenvalue weighted by Gasteiger charge is -2.34. The fourth-order valence-electron chi connectivity index (χ4n) is 7.13. The summed E-state index contributed by atoms with van der Waals surface area (Å²) >= 11 is 0. The summed E-state index contributed by atoms with van der Waals surface area (Å²) in [5, 5.41) is 21.2. The molecule has 0 spiro atoms. The lowest BCUT2D eigenvalue weighted by molar-refractivity contribution is 0.108. The molecular weight excluding hydrogens is 621 g/mol. The Kier molecular flexibility index (Phi) is 8.20. The number of β-amino-alcohol motifs (C(OH)–C–C–N with tert-alkyl or cyclic N) is 1. The zero-order chi connectivity index (χ0) is 33.6. The number of pyridine rings is 1. The lowest BCUT2D eigenvalue weighted by Crippen LogP contribution is -2.46. The largest absolute Gasteiger partial charge is 0.395 e. The number of nitrogens with two attached hydrogens (primary N) is 1. The number of nitrogens with one attached hydrogen (secondary N) is 1. The minimum atomic E-state index is -0.532. The highest BCUT2D eigenvalue weighted by molar-refractivity contribution is 5.96. The first-order valence-corrected chi connectivity index (χ1v) is 16.8. The number of hydrogen-bond acceptors (Lipinski definition) is 8. The molecule has 11 heteroatoms. The summed E-state index contributed by atoms with van der Waals surface area (Å²) in [4.78, 5) is 30.9. The predicted molar refractivity (Wildman–Crippen MR) is 189 cm³/mol. The Bertz CT molecular complexity index is 2240. The van der Waals surface area contributed by atoms with Crippen LogP contribution in [0.15, 0.2) is 77.7 Å². The van der Waals surface area contributed by atoms with Gasteiger partial charge in [0.05, 0.1) is 30.0 Å². The Labute approximate surface area is 282 Å². The molecule has 10 nitrogen and oxygen atoms in total. The number of benzene rings is 3. The van der Waals surface area contributed by atoms with Crippen LogP contribution in [0.3, 0.4) is 0 Å². The van der Waals surface area contributed by atoms with Crippen molar-refractivity contribution < 1.29 is 14.6 Å². The zero-order valence-corrected chi connectivity index (χ0v) is 27.1. The van der Waals surface area contributed by atoms with Crippen LogP contribution in [0.5, 0.6) is 0 Å². The molecule has 2 aliphatic rings. The molecule has 49 heavy (non-hydrogen) atoms. The van der Waals surface area contributed by atoms with Gasteiger partial charge in [-0.2, -0.15) is 4.98 Å². The maximum absolute atomic E-state index is 15.3. The number of aromatic nitrogens is 4. The molecule has 4 heterocycles. The minimum absolute atomic E-state index is 0.0248. The van der Waals surface area contributed by atoms with Crippen LogP contribution in [-0.2, 0) is 13.2 Å². The van der Waals surface area contributed by atoms with Crippen molar-refractivity contribution in [2.75, 3.05) is 45.1 Å². The second-order valence-electron chi connectivity index (χ2n) is 13.1. The summed E-state index contributed by atoms with van der Waals surface area (Å²) in [5.74, 6) is -0.105. The number of hydrogen-bond donors (Lipinski definition) is 4. The van der Waals surface area contributed by atoms with Crippen molar-refractivity contribution in [2.45, 2.75) is 31.9 Å².